The maximum atomic E-state index is 13.5. The number of hydrogen-bond acceptors (Lipinski definition) is 2. The van der Waals surface area contributed by atoms with Crippen LogP contribution in [0.2, 0.25) is 0 Å². The molecule has 0 fully saturated rings. The van der Waals surface area contributed by atoms with E-state index in [9.17, 15) is 13.6 Å². The van der Waals surface area contributed by atoms with E-state index in [2.05, 4.69) is 5.10 Å². The third-order valence-corrected chi connectivity index (χ3v) is 2.94. The van der Waals surface area contributed by atoms with Crippen molar-refractivity contribution in [2.24, 2.45) is 7.05 Å². The van der Waals surface area contributed by atoms with Crippen molar-refractivity contribution in [3.05, 3.63) is 52.9 Å². The lowest BCUT2D eigenvalue weighted by molar-refractivity contribution is 0.0982. The van der Waals surface area contributed by atoms with Gasteiger partial charge < -0.3 is 0 Å². The molecule has 0 saturated heterocycles. The summed E-state index contributed by atoms with van der Waals surface area (Å²) in [5, 5.41) is 4.17. The number of carbonyl (C=O) groups excluding carboxylic acids is 1. The van der Waals surface area contributed by atoms with Crippen LogP contribution in [0.25, 0.3) is 0 Å². The second-order valence-corrected chi connectivity index (χ2v) is 4.33. The number of Topliss-reactive ketones (excluding diaryl/α,β-unsaturated/α-hetero) is 1. The van der Waals surface area contributed by atoms with Gasteiger partial charge in [0.2, 0.25) is 0 Å². The van der Waals surface area contributed by atoms with Gasteiger partial charge in [0.15, 0.2) is 5.78 Å². The SMILES string of the molecule is CCc1cc(C(=O)Cc2ccc(F)cc2F)n(C)n1. The Kier molecular flexibility index (Phi) is 3.74. The van der Waals surface area contributed by atoms with Crippen LogP contribution >= 0.6 is 0 Å². The normalized spacial score (nSPS) is 10.7. The number of halogens is 2. The average molecular weight is 264 g/mol. The van der Waals surface area contributed by atoms with E-state index in [-0.39, 0.29) is 17.8 Å². The first-order valence-corrected chi connectivity index (χ1v) is 6.01. The Balaban J connectivity index is 2.23. The number of benzene rings is 1. The van der Waals surface area contributed by atoms with Crippen molar-refractivity contribution in [3.8, 4) is 0 Å². The highest BCUT2D eigenvalue weighted by Crippen LogP contribution is 2.14. The molecule has 100 valence electrons. The van der Waals surface area contributed by atoms with Crippen LogP contribution in [0.5, 0.6) is 0 Å². The molecule has 5 heteroatoms. The monoisotopic (exact) mass is 264 g/mol. The highest BCUT2D eigenvalue weighted by atomic mass is 19.1. The van der Waals surface area contributed by atoms with E-state index in [0.29, 0.717) is 5.69 Å². The third kappa shape index (κ3) is 2.86. The molecule has 0 amide bonds. The molecule has 0 saturated carbocycles. The molecule has 1 aromatic carbocycles. The molecular weight excluding hydrogens is 250 g/mol. The van der Waals surface area contributed by atoms with Crippen LogP contribution < -0.4 is 0 Å². The molecule has 0 bridgehead atoms. The minimum atomic E-state index is -0.703. The van der Waals surface area contributed by atoms with Crippen LogP contribution in [0.3, 0.4) is 0 Å². The molecule has 0 N–H and O–H groups in total. The maximum Gasteiger partial charge on any atom is 0.185 e. The lowest BCUT2D eigenvalue weighted by Gasteiger charge is -2.03. The fourth-order valence-electron chi connectivity index (χ4n) is 1.89. The summed E-state index contributed by atoms with van der Waals surface area (Å²) in [4.78, 5) is 12.1. The fraction of sp³-hybridized carbons (Fsp3) is 0.286. The minimum absolute atomic E-state index is 0.102. The summed E-state index contributed by atoms with van der Waals surface area (Å²) in [5.74, 6) is -1.59. The summed E-state index contributed by atoms with van der Waals surface area (Å²) in [6, 6.07) is 4.92. The molecule has 0 aliphatic carbocycles. The molecular formula is C14H14F2N2O. The Morgan fingerprint density at radius 2 is 2.05 bits per heavy atom. The fourth-order valence-corrected chi connectivity index (χ4v) is 1.89. The molecule has 19 heavy (non-hydrogen) atoms. The summed E-state index contributed by atoms with van der Waals surface area (Å²) < 4.78 is 27.8. The predicted octanol–water partition coefficient (Wildman–Crippen LogP) is 2.69. The smallest absolute Gasteiger partial charge is 0.185 e. The van der Waals surface area contributed by atoms with Crippen molar-refractivity contribution in [3.63, 3.8) is 0 Å². The van der Waals surface area contributed by atoms with E-state index in [1.54, 1.807) is 13.1 Å². The first kappa shape index (κ1) is 13.4. The van der Waals surface area contributed by atoms with Crippen LogP contribution in [-0.2, 0) is 19.9 Å². The lowest BCUT2D eigenvalue weighted by Crippen LogP contribution is -2.10. The summed E-state index contributed by atoms with van der Waals surface area (Å²) in [6.07, 6.45) is 0.626. The number of carbonyl (C=O) groups is 1. The summed E-state index contributed by atoms with van der Waals surface area (Å²) in [6.45, 7) is 1.94. The Labute approximate surface area is 109 Å². The van der Waals surface area contributed by atoms with Crippen LogP contribution in [0, 0.1) is 11.6 Å². The first-order chi connectivity index (χ1) is 9.01. The Bertz CT molecular complexity index is 620. The van der Waals surface area contributed by atoms with E-state index < -0.39 is 11.6 Å². The van der Waals surface area contributed by atoms with Gasteiger partial charge >= 0.3 is 0 Å². The first-order valence-electron chi connectivity index (χ1n) is 6.01. The van der Waals surface area contributed by atoms with Crippen molar-refractivity contribution < 1.29 is 13.6 Å². The minimum Gasteiger partial charge on any atom is -0.292 e. The second-order valence-electron chi connectivity index (χ2n) is 4.33. The Hall–Kier alpha value is -2.04. The molecule has 1 heterocycles. The van der Waals surface area contributed by atoms with Crippen LogP contribution in [0.15, 0.2) is 24.3 Å². The summed E-state index contributed by atoms with van der Waals surface area (Å²) in [5.41, 5.74) is 1.43. The van der Waals surface area contributed by atoms with Gasteiger partial charge in [0.1, 0.15) is 17.3 Å². The topological polar surface area (TPSA) is 34.9 Å². The number of ketones is 1. The van der Waals surface area contributed by atoms with Crippen molar-refractivity contribution in [1.29, 1.82) is 0 Å². The molecule has 2 rings (SSSR count). The zero-order valence-corrected chi connectivity index (χ0v) is 10.8. The van der Waals surface area contributed by atoms with Gasteiger partial charge in [-0.1, -0.05) is 13.0 Å². The van der Waals surface area contributed by atoms with Gasteiger partial charge in [-0.05, 0) is 24.1 Å². The quantitative estimate of drug-likeness (QED) is 0.796. The van der Waals surface area contributed by atoms with Gasteiger partial charge in [0.05, 0.1) is 5.69 Å². The Morgan fingerprint density at radius 1 is 1.32 bits per heavy atom. The maximum absolute atomic E-state index is 13.5. The lowest BCUT2D eigenvalue weighted by atomic mass is 10.1. The van der Waals surface area contributed by atoms with E-state index in [0.717, 1.165) is 24.2 Å². The van der Waals surface area contributed by atoms with Gasteiger partial charge in [-0.2, -0.15) is 5.10 Å². The standard InChI is InChI=1S/C14H14F2N2O/c1-3-11-8-13(18(2)17-11)14(19)6-9-4-5-10(15)7-12(9)16/h4-5,7-8H,3,6H2,1-2H3. The number of rotatable bonds is 4. The summed E-state index contributed by atoms with van der Waals surface area (Å²) in [7, 11) is 1.67. The van der Waals surface area contributed by atoms with Crippen LogP contribution in [0.1, 0.15) is 28.7 Å². The van der Waals surface area contributed by atoms with Crippen molar-refractivity contribution in [2.75, 3.05) is 0 Å². The molecule has 0 spiro atoms. The number of nitrogens with zero attached hydrogens (tertiary/aromatic N) is 2. The van der Waals surface area contributed by atoms with E-state index in [4.69, 9.17) is 0 Å². The molecule has 0 aliphatic heterocycles. The molecule has 0 radical (unpaired) electrons. The van der Waals surface area contributed by atoms with E-state index in [1.165, 1.54) is 10.7 Å². The highest BCUT2D eigenvalue weighted by molar-refractivity contribution is 5.96. The van der Waals surface area contributed by atoms with Gasteiger partial charge in [-0.15, -0.1) is 0 Å². The average Bonchev–Trinajstić information content (AvgIpc) is 2.74. The number of hydrogen-bond donors (Lipinski definition) is 0. The molecule has 3 nitrogen and oxygen atoms in total. The van der Waals surface area contributed by atoms with Gasteiger partial charge in [-0.3, -0.25) is 9.48 Å². The van der Waals surface area contributed by atoms with Gasteiger partial charge in [0, 0.05) is 19.5 Å². The number of aromatic nitrogens is 2. The molecule has 0 aliphatic rings. The Morgan fingerprint density at radius 3 is 2.63 bits per heavy atom. The summed E-state index contributed by atoms with van der Waals surface area (Å²) >= 11 is 0. The third-order valence-electron chi connectivity index (χ3n) is 2.94. The molecule has 0 unspecified atom stereocenters. The molecule has 0 atom stereocenters. The van der Waals surface area contributed by atoms with E-state index in [1.807, 2.05) is 6.92 Å². The largest absolute Gasteiger partial charge is 0.292 e. The van der Waals surface area contributed by atoms with Crippen LogP contribution in [-0.4, -0.2) is 15.6 Å². The second kappa shape index (κ2) is 5.30. The van der Waals surface area contributed by atoms with E-state index >= 15 is 0 Å². The van der Waals surface area contributed by atoms with Gasteiger partial charge in [0.25, 0.3) is 0 Å². The zero-order chi connectivity index (χ0) is 14.0. The zero-order valence-electron chi connectivity index (χ0n) is 10.8. The van der Waals surface area contributed by atoms with Crippen molar-refractivity contribution in [2.45, 2.75) is 19.8 Å². The van der Waals surface area contributed by atoms with Crippen molar-refractivity contribution in [1.82, 2.24) is 9.78 Å². The van der Waals surface area contributed by atoms with Crippen molar-refractivity contribution >= 4 is 5.78 Å². The van der Waals surface area contributed by atoms with Crippen LogP contribution in [0.4, 0.5) is 8.78 Å². The molecule has 2 aromatic rings. The highest BCUT2D eigenvalue weighted by Gasteiger charge is 2.15. The predicted molar refractivity (Wildman–Crippen MR) is 67.0 cm³/mol. The van der Waals surface area contributed by atoms with Gasteiger partial charge in [-0.25, -0.2) is 8.78 Å². The molecule has 1 aromatic heterocycles. The number of aryl methyl sites for hydroxylation is 2.